The molecule has 0 saturated heterocycles. The summed E-state index contributed by atoms with van der Waals surface area (Å²) in [5.74, 6) is 0.444. The lowest BCUT2D eigenvalue weighted by molar-refractivity contribution is 0.247. The first-order chi connectivity index (χ1) is 9.67. The molecule has 2 unspecified atom stereocenters. The number of aromatic nitrogens is 2. The Morgan fingerprint density at radius 3 is 2.75 bits per heavy atom. The minimum absolute atomic E-state index is 0.159. The van der Waals surface area contributed by atoms with E-state index in [1.54, 1.807) is 0 Å². The van der Waals surface area contributed by atoms with Crippen molar-refractivity contribution in [2.45, 2.75) is 43.6 Å². The molecule has 1 aliphatic rings. The summed E-state index contributed by atoms with van der Waals surface area (Å²) < 4.78 is 1.86. The average molecular weight is 269 g/mol. The Kier molecular flexibility index (Phi) is 3.62. The van der Waals surface area contributed by atoms with E-state index in [1.165, 1.54) is 24.8 Å². The fourth-order valence-electron chi connectivity index (χ4n) is 3.55. The molecule has 3 rings (SSSR count). The molecule has 1 saturated carbocycles. The van der Waals surface area contributed by atoms with Crippen molar-refractivity contribution in [2.24, 2.45) is 12.8 Å². The highest BCUT2D eigenvalue weighted by Gasteiger charge is 2.38. The molecule has 3 nitrogen and oxygen atoms in total. The number of nitrogens with zero attached hydrogens (tertiary/aromatic N) is 2. The molecule has 2 aromatic rings. The molecule has 1 aromatic heterocycles. The lowest BCUT2D eigenvalue weighted by atomic mass is 9.68. The van der Waals surface area contributed by atoms with E-state index in [-0.39, 0.29) is 5.54 Å². The van der Waals surface area contributed by atoms with Gasteiger partial charge in [0.05, 0.1) is 5.69 Å². The topological polar surface area (TPSA) is 43.8 Å². The molecule has 0 aliphatic heterocycles. The maximum Gasteiger partial charge on any atom is 0.0643 e. The fourth-order valence-corrected chi connectivity index (χ4v) is 3.55. The molecule has 1 aromatic carbocycles. The van der Waals surface area contributed by atoms with Crippen LogP contribution < -0.4 is 5.73 Å². The third-order valence-electron chi connectivity index (χ3n) is 4.56. The summed E-state index contributed by atoms with van der Waals surface area (Å²) in [4.78, 5) is 0. The predicted octanol–water partition coefficient (Wildman–Crippen LogP) is 3.02. The van der Waals surface area contributed by atoms with Crippen LogP contribution in [0.4, 0.5) is 0 Å². The van der Waals surface area contributed by atoms with Crippen molar-refractivity contribution in [3.8, 4) is 0 Å². The number of rotatable bonds is 3. The molecule has 3 heteroatoms. The van der Waals surface area contributed by atoms with Gasteiger partial charge in [-0.25, -0.2) is 0 Å². The summed E-state index contributed by atoms with van der Waals surface area (Å²) in [7, 11) is 1.96. The summed E-state index contributed by atoms with van der Waals surface area (Å²) in [5, 5.41) is 4.51. The maximum atomic E-state index is 6.83. The van der Waals surface area contributed by atoms with Crippen LogP contribution in [0.5, 0.6) is 0 Å². The van der Waals surface area contributed by atoms with Crippen LogP contribution in [-0.2, 0) is 13.5 Å². The predicted molar refractivity (Wildman–Crippen MR) is 81.5 cm³/mol. The summed E-state index contributed by atoms with van der Waals surface area (Å²) >= 11 is 0. The van der Waals surface area contributed by atoms with E-state index in [0.717, 1.165) is 18.5 Å². The van der Waals surface area contributed by atoms with Gasteiger partial charge in [0, 0.05) is 31.1 Å². The van der Waals surface area contributed by atoms with E-state index in [1.807, 2.05) is 17.9 Å². The normalized spacial score (nSPS) is 26.6. The van der Waals surface area contributed by atoms with Crippen molar-refractivity contribution in [3.63, 3.8) is 0 Å². The van der Waals surface area contributed by atoms with Crippen molar-refractivity contribution in [1.82, 2.24) is 9.78 Å². The van der Waals surface area contributed by atoms with Crippen LogP contribution >= 0.6 is 0 Å². The molecule has 20 heavy (non-hydrogen) atoms. The number of aryl methyl sites for hydroxylation is 1. The first kappa shape index (κ1) is 13.4. The van der Waals surface area contributed by atoms with Crippen LogP contribution in [0.1, 0.15) is 42.9 Å². The minimum atomic E-state index is -0.159. The van der Waals surface area contributed by atoms with Gasteiger partial charge < -0.3 is 5.73 Å². The van der Waals surface area contributed by atoms with E-state index in [4.69, 9.17) is 5.73 Å². The molecule has 106 valence electrons. The summed E-state index contributed by atoms with van der Waals surface area (Å²) in [6.45, 7) is 0. The Bertz CT molecular complexity index is 561. The van der Waals surface area contributed by atoms with Crippen LogP contribution in [0.25, 0.3) is 0 Å². The summed E-state index contributed by atoms with van der Waals surface area (Å²) in [5.41, 5.74) is 9.16. The molecule has 2 N–H and O–H groups in total. The molecule has 0 amide bonds. The van der Waals surface area contributed by atoms with Crippen LogP contribution in [-0.4, -0.2) is 15.3 Å². The van der Waals surface area contributed by atoms with Crippen LogP contribution in [0, 0.1) is 0 Å². The van der Waals surface area contributed by atoms with Gasteiger partial charge in [-0.3, -0.25) is 4.68 Å². The highest BCUT2D eigenvalue weighted by molar-refractivity contribution is 5.26. The average Bonchev–Trinajstić information content (AvgIpc) is 2.85. The van der Waals surface area contributed by atoms with Gasteiger partial charge in [-0.2, -0.15) is 5.10 Å². The highest BCUT2D eigenvalue weighted by atomic mass is 15.2. The Balaban J connectivity index is 1.87. The summed E-state index contributed by atoms with van der Waals surface area (Å²) in [6, 6.07) is 12.8. The van der Waals surface area contributed by atoms with Gasteiger partial charge in [0.2, 0.25) is 0 Å². The van der Waals surface area contributed by atoms with Gasteiger partial charge in [-0.15, -0.1) is 0 Å². The quantitative estimate of drug-likeness (QED) is 0.931. The molecule has 0 radical (unpaired) electrons. The van der Waals surface area contributed by atoms with Gasteiger partial charge >= 0.3 is 0 Å². The second kappa shape index (κ2) is 5.41. The van der Waals surface area contributed by atoms with E-state index in [9.17, 15) is 0 Å². The van der Waals surface area contributed by atoms with E-state index >= 15 is 0 Å². The molecule has 1 aliphatic carbocycles. The number of nitrogens with two attached hydrogens (primary N) is 1. The number of benzene rings is 1. The Hall–Kier alpha value is -1.61. The Labute approximate surface area is 120 Å². The zero-order chi connectivity index (χ0) is 14.0. The molecule has 0 spiro atoms. The first-order valence-corrected chi connectivity index (χ1v) is 7.50. The maximum absolute atomic E-state index is 6.83. The van der Waals surface area contributed by atoms with Gasteiger partial charge in [0.1, 0.15) is 0 Å². The lowest BCUT2D eigenvalue weighted by Crippen LogP contribution is -2.49. The van der Waals surface area contributed by atoms with Gasteiger partial charge in [-0.1, -0.05) is 43.2 Å². The standard InChI is InChI=1S/C17H23N3/c1-20-12-10-15(19-20)13-17(18)11-6-5-9-16(17)14-7-3-2-4-8-14/h2-4,7-8,10,12,16H,5-6,9,11,13,18H2,1H3. The second-order valence-corrected chi connectivity index (χ2v) is 6.10. The molecule has 2 atom stereocenters. The Morgan fingerprint density at radius 2 is 2.05 bits per heavy atom. The highest BCUT2D eigenvalue weighted by Crippen LogP contribution is 2.40. The minimum Gasteiger partial charge on any atom is -0.324 e. The molecule has 0 bridgehead atoms. The zero-order valence-electron chi connectivity index (χ0n) is 12.1. The third kappa shape index (κ3) is 2.63. The van der Waals surface area contributed by atoms with E-state index in [0.29, 0.717) is 5.92 Å². The second-order valence-electron chi connectivity index (χ2n) is 6.10. The fraction of sp³-hybridized carbons (Fsp3) is 0.471. The Morgan fingerprint density at radius 1 is 1.25 bits per heavy atom. The van der Waals surface area contributed by atoms with Crippen molar-refractivity contribution < 1.29 is 0 Å². The third-order valence-corrected chi connectivity index (χ3v) is 4.56. The number of hydrogen-bond acceptors (Lipinski definition) is 2. The lowest BCUT2D eigenvalue weighted by Gasteiger charge is -2.41. The smallest absolute Gasteiger partial charge is 0.0643 e. The van der Waals surface area contributed by atoms with Crippen LogP contribution in [0.2, 0.25) is 0 Å². The van der Waals surface area contributed by atoms with Gasteiger partial charge in [0.15, 0.2) is 0 Å². The zero-order valence-corrected chi connectivity index (χ0v) is 12.1. The van der Waals surface area contributed by atoms with Crippen LogP contribution in [0.15, 0.2) is 42.6 Å². The monoisotopic (exact) mass is 269 g/mol. The van der Waals surface area contributed by atoms with Crippen molar-refractivity contribution in [2.75, 3.05) is 0 Å². The van der Waals surface area contributed by atoms with E-state index in [2.05, 4.69) is 41.5 Å². The number of hydrogen-bond donors (Lipinski definition) is 1. The first-order valence-electron chi connectivity index (χ1n) is 7.50. The molecule has 1 heterocycles. The molecular formula is C17H23N3. The van der Waals surface area contributed by atoms with Crippen molar-refractivity contribution >= 4 is 0 Å². The van der Waals surface area contributed by atoms with Gasteiger partial charge in [0.25, 0.3) is 0 Å². The van der Waals surface area contributed by atoms with Gasteiger partial charge in [-0.05, 0) is 24.5 Å². The van der Waals surface area contributed by atoms with Crippen LogP contribution in [0.3, 0.4) is 0 Å². The molecular weight excluding hydrogens is 246 g/mol. The summed E-state index contributed by atoms with van der Waals surface area (Å²) in [6.07, 6.45) is 7.65. The largest absolute Gasteiger partial charge is 0.324 e. The van der Waals surface area contributed by atoms with Crippen molar-refractivity contribution in [3.05, 3.63) is 53.9 Å². The molecule has 1 fully saturated rings. The van der Waals surface area contributed by atoms with E-state index < -0.39 is 0 Å². The SMILES string of the molecule is Cn1ccc(CC2(N)CCCCC2c2ccccc2)n1. The van der Waals surface area contributed by atoms with Crippen molar-refractivity contribution in [1.29, 1.82) is 0 Å².